The summed E-state index contributed by atoms with van der Waals surface area (Å²) in [4.78, 5) is 12.6. The molecule has 8 nitrogen and oxygen atoms in total. The van der Waals surface area contributed by atoms with E-state index in [2.05, 4.69) is 5.32 Å². The standard InChI is InChI=1S/C21H27N3O5S2/c1-23(2)30(26,27)19-10-12-20(13-11-19)31(28,29)24-14-6-9-18(16-24)21(25)22-15-17-7-4-3-5-8-17/h3-5,7-8,10-13,18H,6,9,14-16H2,1-2H3,(H,22,25). The van der Waals surface area contributed by atoms with E-state index >= 15 is 0 Å². The van der Waals surface area contributed by atoms with E-state index < -0.39 is 26.0 Å². The monoisotopic (exact) mass is 465 g/mol. The number of hydrogen-bond donors (Lipinski definition) is 1. The fraction of sp³-hybridized carbons (Fsp3) is 0.381. The van der Waals surface area contributed by atoms with Crippen molar-refractivity contribution in [1.29, 1.82) is 0 Å². The average Bonchev–Trinajstić information content (AvgIpc) is 2.78. The van der Waals surface area contributed by atoms with Gasteiger partial charge in [0.2, 0.25) is 26.0 Å². The van der Waals surface area contributed by atoms with E-state index in [1.165, 1.54) is 42.7 Å². The molecule has 1 aliphatic rings. The van der Waals surface area contributed by atoms with Crippen LogP contribution in [0.1, 0.15) is 18.4 Å². The van der Waals surface area contributed by atoms with Gasteiger partial charge in [-0.15, -0.1) is 0 Å². The van der Waals surface area contributed by atoms with Crippen LogP contribution >= 0.6 is 0 Å². The maximum Gasteiger partial charge on any atom is 0.243 e. The van der Waals surface area contributed by atoms with Gasteiger partial charge in [-0.2, -0.15) is 4.31 Å². The predicted octanol–water partition coefficient (Wildman–Crippen LogP) is 1.65. The summed E-state index contributed by atoms with van der Waals surface area (Å²) in [6.07, 6.45) is 1.20. The fourth-order valence-electron chi connectivity index (χ4n) is 3.45. The Labute approximate surface area is 184 Å². The molecule has 1 amide bonds. The molecule has 1 atom stereocenters. The summed E-state index contributed by atoms with van der Waals surface area (Å²) < 4.78 is 52.9. The number of carbonyl (C=O) groups excluding carboxylic acids is 1. The van der Waals surface area contributed by atoms with Gasteiger partial charge in [0.25, 0.3) is 0 Å². The highest BCUT2D eigenvalue weighted by Crippen LogP contribution is 2.25. The fourth-order valence-corrected chi connectivity index (χ4v) is 5.87. The van der Waals surface area contributed by atoms with Crippen LogP contribution in [0, 0.1) is 5.92 Å². The molecule has 0 spiro atoms. The molecule has 10 heteroatoms. The van der Waals surface area contributed by atoms with Crippen molar-refractivity contribution in [3.05, 3.63) is 60.2 Å². The van der Waals surface area contributed by atoms with Crippen molar-refractivity contribution >= 4 is 26.0 Å². The number of amides is 1. The van der Waals surface area contributed by atoms with Crippen LogP contribution in [0.25, 0.3) is 0 Å². The number of piperidine rings is 1. The highest BCUT2D eigenvalue weighted by Gasteiger charge is 2.33. The van der Waals surface area contributed by atoms with Gasteiger partial charge in [0.1, 0.15) is 0 Å². The van der Waals surface area contributed by atoms with Crippen LogP contribution in [0.4, 0.5) is 0 Å². The SMILES string of the molecule is CN(C)S(=O)(=O)c1ccc(S(=O)(=O)N2CCCC(C(=O)NCc3ccccc3)C2)cc1. The normalized spacial score (nSPS) is 18.1. The summed E-state index contributed by atoms with van der Waals surface area (Å²) in [5.74, 6) is -0.600. The third kappa shape index (κ3) is 5.32. The lowest BCUT2D eigenvalue weighted by molar-refractivity contribution is -0.126. The molecule has 1 heterocycles. The van der Waals surface area contributed by atoms with Crippen LogP contribution in [0.5, 0.6) is 0 Å². The van der Waals surface area contributed by atoms with Crippen LogP contribution in [-0.2, 0) is 31.4 Å². The van der Waals surface area contributed by atoms with E-state index in [1.54, 1.807) is 0 Å². The van der Waals surface area contributed by atoms with Crippen LogP contribution in [0.3, 0.4) is 0 Å². The molecule has 1 N–H and O–H groups in total. The van der Waals surface area contributed by atoms with E-state index in [1.807, 2.05) is 30.3 Å². The highest BCUT2D eigenvalue weighted by molar-refractivity contribution is 7.89. The van der Waals surface area contributed by atoms with Crippen LogP contribution in [0.15, 0.2) is 64.4 Å². The Morgan fingerprint density at radius 2 is 1.61 bits per heavy atom. The summed E-state index contributed by atoms with van der Waals surface area (Å²) in [5.41, 5.74) is 0.976. The zero-order chi connectivity index (χ0) is 22.6. The first kappa shape index (κ1) is 23.4. The quantitative estimate of drug-likeness (QED) is 0.670. The van der Waals surface area contributed by atoms with Gasteiger partial charge >= 0.3 is 0 Å². The molecule has 168 valence electrons. The minimum atomic E-state index is -3.83. The maximum absolute atomic E-state index is 13.1. The third-order valence-electron chi connectivity index (χ3n) is 5.30. The van der Waals surface area contributed by atoms with Crippen molar-refractivity contribution in [3.8, 4) is 0 Å². The number of benzene rings is 2. The summed E-state index contributed by atoms with van der Waals surface area (Å²) in [7, 11) is -4.65. The van der Waals surface area contributed by atoms with Gasteiger partial charge in [-0.1, -0.05) is 30.3 Å². The second-order valence-electron chi connectivity index (χ2n) is 7.66. The molecular formula is C21H27N3O5S2. The molecule has 1 fully saturated rings. The van der Waals surface area contributed by atoms with Crippen molar-refractivity contribution in [3.63, 3.8) is 0 Å². The van der Waals surface area contributed by atoms with Gasteiger partial charge < -0.3 is 5.32 Å². The van der Waals surface area contributed by atoms with Crippen LogP contribution in [0.2, 0.25) is 0 Å². The third-order valence-corrected chi connectivity index (χ3v) is 9.01. The number of hydrogen-bond acceptors (Lipinski definition) is 5. The topological polar surface area (TPSA) is 104 Å². The van der Waals surface area contributed by atoms with E-state index in [4.69, 9.17) is 0 Å². The Morgan fingerprint density at radius 3 is 2.23 bits per heavy atom. The molecule has 2 aromatic rings. The van der Waals surface area contributed by atoms with Crippen molar-refractivity contribution in [1.82, 2.24) is 13.9 Å². The smallest absolute Gasteiger partial charge is 0.243 e. The molecule has 1 saturated heterocycles. The van der Waals surface area contributed by atoms with Gasteiger partial charge in [-0.05, 0) is 42.7 Å². The molecule has 1 unspecified atom stereocenters. The lowest BCUT2D eigenvalue weighted by Gasteiger charge is -2.31. The molecular weight excluding hydrogens is 438 g/mol. The van der Waals surface area contributed by atoms with Crippen molar-refractivity contribution in [2.24, 2.45) is 5.92 Å². The first-order valence-electron chi connectivity index (χ1n) is 9.97. The van der Waals surface area contributed by atoms with Gasteiger partial charge in [-0.3, -0.25) is 4.79 Å². The molecule has 1 aliphatic heterocycles. The Bertz CT molecular complexity index is 1120. The second-order valence-corrected chi connectivity index (χ2v) is 11.8. The number of nitrogens with zero attached hydrogens (tertiary/aromatic N) is 2. The van der Waals surface area contributed by atoms with E-state index in [-0.39, 0.29) is 22.2 Å². The summed E-state index contributed by atoms with van der Waals surface area (Å²) in [5, 5.41) is 2.88. The largest absolute Gasteiger partial charge is 0.352 e. The van der Waals surface area contributed by atoms with Crippen LogP contribution in [-0.4, -0.2) is 58.5 Å². The summed E-state index contributed by atoms with van der Waals surface area (Å²) in [6.45, 7) is 0.813. The van der Waals surface area contributed by atoms with Crippen molar-refractivity contribution in [2.45, 2.75) is 29.2 Å². The van der Waals surface area contributed by atoms with E-state index in [0.29, 0.717) is 25.9 Å². The lowest BCUT2D eigenvalue weighted by Crippen LogP contribution is -2.45. The minimum absolute atomic E-state index is 0.00977. The van der Waals surface area contributed by atoms with E-state index in [9.17, 15) is 21.6 Å². The average molecular weight is 466 g/mol. The highest BCUT2D eigenvalue weighted by atomic mass is 32.2. The Balaban J connectivity index is 1.69. The van der Waals surface area contributed by atoms with Crippen molar-refractivity contribution in [2.75, 3.05) is 27.2 Å². The Kier molecular flexibility index (Phi) is 7.15. The second kappa shape index (κ2) is 9.47. The molecule has 31 heavy (non-hydrogen) atoms. The Hall–Kier alpha value is -2.27. The lowest BCUT2D eigenvalue weighted by atomic mass is 9.99. The number of nitrogens with one attached hydrogen (secondary N) is 1. The number of sulfonamides is 2. The zero-order valence-electron chi connectivity index (χ0n) is 17.6. The molecule has 0 aliphatic carbocycles. The van der Waals surface area contributed by atoms with Crippen LogP contribution < -0.4 is 5.32 Å². The minimum Gasteiger partial charge on any atom is -0.352 e. The number of carbonyl (C=O) groups is 1. The maximum atomic E-state index is 13.1. The predicted molar refractivity (Wildman–Crippen MR) is 117 cm³/mol. The number of rotatable bonds is 7. The van der Waals surface area contributed by atoms with Gasteiger partial charge in [0.05, 0.1) is 15.7 Å². The summed E-state index contributed by atoms with van der Waals surface area (Å²) >= 11 is 0. The first-order chi connectivity index (χ1) is 14.6. The molecule has 0 saturated carbocycles. The first-order valence-corrected chi connectivity index (χ1v) is 12.8. The molecule has 2 aromatic carbocycles. The van der Waals surface area contributed by atoms with Crippen molar-refractivity contribution < 1.29 is 21.6 Å². The van der Waals surface area contributed by atoms with Gasteiger partial charge in [-0.25, -0.2) is 21.1 Å². The molecule has 3 rings (SSSR count). The Morgan fingerprint density at radius 1 is 1.00 bits per heavy atom. The molecule has 0 radical (unpaired) electrons. The zero-order valence-corrected chi connectivity index (χ0v) is 19.2. The molecule has 0 aromatic heterocycles. The van der Waals surface area contributed by atoms with Gasteiger partial charge in [0.15, 0.2) is 0 Å². The molecule has 0 bridgehead atoms. The van der Waals surface area contributed by atoms with Gasteiger partial charge in [0, 0.05) is 33.7 Å². The summed E-state index contributed by atoms with van der Waals surface area (Å²) in [6, 6.07) is 14.7. The van der Waals surface area contributed by atoms with E-state index in [0.717, 1.165) is 9.87 Å².